The van der Waals surface area contributed by atoms with Crippen molar-refractivity contribution in [2.24, 2.45) is 0 Å². The van der Waals surface area contributed by atoms with Crippen molar-refractivity contribution in [1.29, 1.82) is 0 Å². The van der Waals surface area contributed by atoms with E-state index in [-0.39, 0.29) is 5.91 Å². The van der Waals surface area contributed by atoms with Gasteiger partial charge >= 0.3 is 0 Å². The summed E-state index contributed by atoms with van der Waals surface area (Å²) in [6.07, 6.45) is 3.49. The number of nitrogens with zero attached hydrogens (tertiary/aromatic N) is 7. The number of pyridine rings is 1. The molecule has 0 bridgehead atoms. The lowest BCUT2D eigenvalue weighted by Gasteiger charge is -2.33. The number of piperazine rings is 1. The predicted octanol–water partition coefficient (Wildman–Crippen LogP) is 4.51. The van der Waals surface area contributed by atoms with Gasteiger partial charge in [0.2, 0.25) is 0 Å². The lowest BCUT2D eigenvalue weighted by Crippen LogP contribution is -2.48. The van der Waals surface area contributed by atoms with Gasteiger partial charge in [0.1, 0.15) is 10.7 Å². The largest absolute Gasteiger partial charge is 0.335 e. The van der Waals surface area contributed by atoms with Crippen LogP contribution < -0.4 is 0 Å². The predicted molar refractivity (Wildman–Crippen MR) is 139 cm³/mol. The molecule has 1 saturated heterocycles. The van der Waals surface area contributed by atoms with Gasteiger partial charge in [-0.05, 0) is 36.9 Å². The first kappa shape index (κ1) is 23.9. The zero-order valence-electron chi connectivity index (χ0n) is 19.2. The lowest BCUT2D eigenvalue weighted by molar-refractivity contribution is 0.0638. The van der Waals surface area contributed by atoms with Crippen molar-refractivity contribution in [1.82, 2.24) is 34.5 Å². The summed E-state index contributed by atoms with van der Waals surface area (Å²) in [4.78, 5) is 26.0. The van der Waals surface area contributed by atoms with Gasteiger partial charge in [-0.3, -0.25) is 14.3 Å². The van der Waals surface area contributed by atoms with E-state index in [4.69, 9.17) is 11.6 Å². The molecule has 180 valence electrons. The van der Waals surface area contributed by atoms with E-state index in [0.29, 0.717) is 27.5 Å². The number of rotatable bonds is 7. The number of thiazole rings is 1. The number of hydrogen-bond acceptors (Lipinski definition) is 8. The molecule has 1 fully saturated rings. The number of benzene rings is 1. The highest BCUT2D eigenvalue weighted by Gasteiger charge is 2.23. The third-order valence-electron chi connectivity index (χ3n) is 5.82. The average Bonchev–Trinajstić information content (AvgIpc) is 3.55. The molecule has 35 heavy (non-hydrogen) atoms. The first-order valence-electron chi connectivity index (χ1n) is 11.3. The first-order valence-corrected chi connectivity index (χ1v) is 13.6. The van der Waals surface area contributed by atoms with Crippen LogP contribution in [0.2, 0.25) is 5.02 Å². The maximum Gasteiger partial charge on any atom is 0.273 e. The van der Waals surface area contributed by atoms with Gasteiger partial charge in [-0.2, -0.15) is 0 Å². The molecule has 0 aliphatic carbocycles. The van der Waals surface area contributed by atoms with Gasteiger partial charge in [-0.15, -0.1) is 21.5 Å². The van der Waals surface area contributed by atoms with Crippen LogP contribution in [0.25, 0.3) is 17.1 Å². The molecule has 8 nitrogen and oxygen atoms in total. The minimum atomic E-state index is 0.00853. The molecular formula is C24H24ClN7OS2. The van der Waals surface area contributed by atoms with Crippen molar-refractivity contribution in [3.05, 3.63) is 69.9 Å². The van der Waals surface area contributed by atoms with Crippen LogP contribution in [0.1, 0.15) is 22.4 Å². The fraction of sp³-hybridized carbons (Fsp3) is 0.292. The molecule has 4 aromatic rings. The fourth-order valence-corrected chi connectivity index (χ4v) is 5.85. The number of hydrogen-bond donors (Lipinski definition) is 0. The van der Waals surface area contributed by atoms with Crippen LogP contribution in [0.5, 0.6) is 0 Å². The van der Waals surface area contributed by atoms with Crippen molar-refractivity contribution in [2.45, 2.75) is 17.8 Å². The van der Waals surface area contributed by atoms with Gasteiger partial charge in [0.25, 0.3) is 5.91 Å². The van der Waals surface area contributed by atoms with Crippen LogP contribution in [0.3, 0.4) is 0 Å². The van der Waals surface area contributed by atoms with Crippen LogP contribution in [0.15, 0.2) is 59.3 Å². The Balaban J connectivity index is 1.34. The van der Waals surface area contributed by atoms with Crippen LogP contribution in [-0.4, -0.2) is 73.2 Å². The Kier molecular flexibility index (Phi) is 7.43. The maximum atomic E-state index is 12.9. The van der Waals surface area contributed by atoms with Crippen molar-refractivity contribution >= 4 is 40.6 Å². The SMILES string of the molecule is CCN1CCN(C(=O)c2csc(CSc3nnc(-c4cccnc4)n3-c3cccc(Cl)c3)n2)CC1. The molecule has 5 rings (SSSR count). The lowest BCUT2D eigenvalue weighted by atomic mass is 10.2. The Labute approximate surface area is 217 Å². The highest BCUT2D eigenvalue weighted by molar-refractivity contribution is 7.98. The molecule has 3 aromatic heterocycles. The molecule has 11 heteroatoms. The smallest absolute Gasteiger partial charge is 0.273 e. The molecule has 1 aliphatic rings. The molecular weight excluding hydrogens is 502 g/mol. The summed E-state index contributed by atoms with van der Waals surface area (Å²) in [5.41, 5.74) is 2.24. The molecule has 0 saturated carbocycles. The van der Waals surface area contributed by atoms with Gasteiger partial charge in [-0.25, -0.2) is 4.98 Å². The van der Waals surface area contributed by atoms with Crippen molar-refractivity contribution in [3.8, 4) is 17.1 Å². The summed E-state index contributed by atoms with van der Waals surface area (Å²) < 4.78 is 1.97. The van der Waals surface area contributed by atoms with E-state index >= 15 is 0 Å². The zero-order valence-corrected chi connectivity index (χ0v) is 21.6. The van der Waals surface area contributed by atoms with Crippen molar-refractivity contribution in [2.75, 3.05) is 32.7 Å². The maximum absolute atomic E-state index is 12.9. The van der Waals surface area contributed by atoms with Crippen molar-refractivity contribution in [3.63, 3.8) is 0 Å². The Hall–Kier alpha value is -2.79. The third-order valence-corrected chi connectivity index (χ3v) is 8.03. The highest BCUT2D eigenvalue weighted by atomic mass is 35.5. The third kappa shape index (κ3) is 5.40. The summed E-state index contributed by atoms with van der Waals surface area (Å²) in [5, 5.41) is 13.0. The fourth-order valence-electron chi connectivity index (χ4n) is 3.92. The molecule has 1 aromatic carbocycles. The van der Waals surface area contributed by atoms with E-state index in [9.17, 15) is 4.79 Å². The number of halogens is 1. The number of aromatic nitrogens is 5. The molecule has 1 amide bonds. The topological polar surface area (TPSA) is 80.0 Å². The number of thioether (sulfide) groups is 1. The van der Waals surface area contributed by atoms with Crippen molar-refractivity contribution < 1.29 is 4.79 Å². The van der Waals surface area contributed by atoms with Crippen LogP contribution in [0, 0.1) is 0 Å². The molecule has 0 atom stereocenters. The van der Waals surface area contributed by atoms with Gasteiger partial charge in [0.15, 0.2) is 11.0 Å². The zero-order chi connectivity index (χ0) is 24.2. The van der Waals surface area contributed by atoms with Gasteiger partial charge in [-0.1, -0.05) is 36.4 Å². The van der Waals surface area contributed by atoms with E-state index in [1.807, 2.05) is 51.2 Å². The summed E-state index contributed by atoms with van der Waals surface area (Å²) >= 11 is 9.30. The van der Waals surface area contributed by atoms with E-state index in [0.717, 1.165) is 49.0 Å². The second kappa shape index (κ2) is 10.9. The Morgan fingerprint density at radius 1 is 1.14 bits per heavy atom. The van der Waals surface area contributed by atoms with Crippen LogP contribution >= 0.6 is 34.7 Å². The normalized spacial score (nSPS) is 14.4. The summed E-state index contributed by atoms with van der Waals surface area (Å²) in [6.45, 7) is 6.47. The van der Waals surface area contributed by atoms with E-state index in [1.54, 1.807) is 12.4 Å². The molecule has 0 N–H and O–H groups in total. The van der Waals surface area contributed by atoms with Crippen LogP contribution in [0.4, 0.5) is 0 Å². The number of amides is 1. The number of likely N-dealkylation sites (N-methyl/N-ethyl adjacent to an activating group) is 1. The summed E-state index contributed by atoms with van der Waals surface area (Å²) in [6, 6.07) is 11.4. The van der Waals surface area contributed by atoms with Gasteiger partial charge < -0.3 is 9.80 Å². The van der Waals surface area contributed by atoms with Crippen LogP contribution in [-0.2, 0) is 5.75 Å². The second-order valence-electron chi connectivity index (χ2n) is 8.00. The molecule has 4 heterocycles. The highest BCUT2D eigenvalue weighted by Crippen LogP contribution is 2.31. The quantitative estimate of drug-likeness (QED) is 0.328. The molecule has 1 aliphatic heterocycles. The number of carbonyl (C=O) groups excluding carboxylic acids is 1. The average molecular weight is 526 g/mol. The Morgan fingerprint density at radius 3 is 2.74 bits per heavy atom. The van der Waals surface area contributed by atoms with Gasteiger partial charge in [0, 0.05) is 54.5 Å². The molecule has 0 radical (unpaired) electrons. The Morgan fingerprint density at radius 2 is 2.00 bits per heavy atom. The first-order chi connectivity index (χ1) is 17.1. The second-order valence-corrected chi connectivity index (χ2v) is 10.3. The van der Waals surface area contributed by atoms with Gasteiger partial charge in [0.05, 0.1) is 11.4 Å². The summed E-state index contributed by atoms with van der Waals surface area (Å²) in [7, 11) is 0. The summed E-state index contributed by atoms with van der Waals surface area (Å²) in [5.74, 6) is 1.27. The van der Waals surface area contributed by atoms with E-state index in [2.05, 4.69) is 32.0 Å². The minimum Gasteiger partial charge on any atom is -0.335 e. The molecule has 0 unspecified atom stereocenters. The minimum absolute atomic E-state index is 0.00853. The standard InChI is InChI=1S/C24H24ClN7OS2/c1-2-30-9-11-31(12-10-30)23(33)20-15-34-21(27-20)16-35-24-29-28-22(17-5-4-8-26-14-17)32(24)19-7-3-6-18(25)13-19/h3-8,13-15H,2,9-12,16H2,1H3. The number of carbonyl (C=O) groups is 1. The molecule has 0 spiro atoms. The monoisotopic (exact) mass is 525 g/mol. The van der Waals surface area contributed by atoms with E-state index in [1.165, 1.54) is 23.1 Å². The Bertz CT molecular complexity index is 1300. The van der Waals surface area contributed by atoms with E-state index < -0.39 is 0 Å².